The molecule has 1 aromatic carbocycles. The molecule has 0 bridgehead atoms. The van der Waals surface area contributed by atoms with Gasteiger partial charge in [0.15, 0.2) is 5.16 Å². The highest BCUT2D eigenvalue weighted by molar-refractivity contribution is 7.99. The molecule has 0 radical (unpaired) electrons. The number of benzene rings is 1. The predicted molar refractivity (Wildman–Crippen MR) is 131 cm³/mol. The van der Waals surface area contributed by atoms with Crippen molar-refractivity contribution in [1.82, 2.24) is 24.7 Å². The van der Waals surface area contributed by atoms with Gasteiger partial charge >= 0.3 is 0 Å². The maximum absolute atomic E-state index is 13.5. The summed E-state index contributed by atoms with van der Waals surface area (Å²) in [6.45, 7) is 6.30. The van der Waals surface area contributed by atoms with Crippen molar-refractivity contribution in [3.63, 3.8) is 0 Å². The van der Waals surface area contributed by atoms with Crippen LogP contribution in [0.1, 0.15) is 34.2 Å². The van der Waals surface area contributed by atoms with Crippen molar-refractivity contribution >= 4 is 33.3 Å². The van der Waals surface area contributed by atoms with E-state index in [4.69, 9.17) is 9.40 Å². The van der Waals surface area contributed by atoms with Crippen LogP contribution in [-0.2, 0) is 6.54 Å². The molecule has 1 unspecified atom stereocenters. The van der Waals surface area contributed by atoms with Crippen LogP contribution in [0.15, 0.2) is 69.1 Å². The van der Waals surface area contributed by atoms with Crippen LogP contribution in [0.3, 0.4) is 0 Å². The van der Waals surface area contributed by atoms with Crippen molar-refractivity contribution in [1.29, 1.82) is 0 Å². The van der Waals surface area contributed by atoms with Gasteiger partial charge in [-0.3, -0.25) is 14.3 Å². The highest BCUT2D eigenvalue weighted by atomic mass is 32.2. The van der Waals surface area contributed by atoms with E-state index in [0.717, 1.165) is 26.5 Å². The minimum absolute atomic E-state index is 0.0577. The van der Waals surface area contributed by atoms with Gasteiger partial charge in [-0.1, -0.05) is 36.0 Å². The molecule has 4 heterocycles. The van der Waals surface area contributed by atoms with E-state index in [-0.39, 0.29) is 10.8 Å². The summed E-state index contributed by atoms with van der Waals surface area (Å²) in [4.78, 5) is 24.6. The zero-order valence-corrected chi connectivity index (χ0v) is 20.0. The van der Waals surface area contributed by atoms with Crippen LogP contribution in [-0.4, -0.2) is 24.7 Å². The lowest BCUT2D eigenvalue weighted by atomic mass is 10.2. The molecule has 0 amide bonds. The van der Waals surface area contributed by atoms with E-state index in [1.54, 1.807) is 22.1 Å². The zero-order valence-electron chi connectivity index (χ0n) is 18.3. The number of rotatable bonds is 6. The van der Waals surface area contributed by atoms with E-state index >= 15 is 0 Å². The fourth-order valence-electron chi connectivity index (χ4n) is 3.50. The molecule has 9 heteroatoms. The normalized spacial score (nSPS) is 12.3. The van der Waals surface area contributed by atoms with Crippen LogP contribution in [0.25, 0.3) is 21.7 Å². The molecule has 4 aromatic heterocycles. The third-order valence-corrected chi connectivity index (χ3v) is 7.57. The maximum Gasteiger partial charge on any atom is 0.263 e. The van der Waals surface area contributed by atoms with Gasteiger partial charge in [-0.05, 0) is 50.6 Å². The second-order valence-corrected chi connectivity index (χ2v) is 10.2. The number of pyridine rings is 1. The Morgan fingerprint density at radius 2 is 1.88 bits per heavy atom. The van der Waals surface area contributed by atoms with E-state index in [9.17, 15) is 4.79 Å². The van der Waals surface area contributed by atoms with E-state index in [1.165, 1.54) is 11.8 Å². The van der Waals surface area contributed by atoms with Crippen LogP contribution in [0.5, 0.6) is 0 Å². The standard InChI is InChI=1S/C24H21N5O2S2/c1-14-15(2)32-22-19(14)23(30)29(13-18-11-7-8-12-25-18)24(26-22)33-16(3)20-27-28-21(31-20)17-9-5-4-6-10-17/h4-12,16H,13H2,1-3H3. The summed E-state index contributed by atoms with van der Waals surface area (Å²) in [5.74, 6) is 0.952. The molecule has 5 rings (SSSR count). The summed E-state index contributed by atoms with van der Waals surface area (Å²) in [5.41, 5.74) is 2.59. The van der Waals surface area contributed by atoms with Crippen molar-refractivity contribution in [3.8, 4) is 11.5 Å². The van der Waals surface area contributed by atoms with Gasteiger partial charge in [-0.15, -0.1) is 21.5 Å². The summed E-state index contributed by atoms with van der Waals surface area (Å²) < 4.78 is 7.63. The number of nitrogens with zero attached hydrogens (tertiary/aromatic N) is 5. The Kier molecular flexibility index (Phi) is 5.82. The molecule has 0 aliphatic rings. The first-order chi connectivity index (χ1) is 16.0. The summed E-state index contributed by atoms with van der Waals surface area (Å²) in [5, 5.41) is 9.52. The van der Waals surface area contributed by atoms with Gasteiger partial charge in [0.2, 0.25) is 11.8 Å². The first-order valence-corrected chi connectivity index (χ1v) is 12.2. The quantitative estimate of drug-likeness (QED) is 0.239. The molecule has 166 valence electrons. The Morgan fingerprint density at radius 1 is 1.09 bits per heavy atom. The molecule has 0 saturated heterocycles. The largest absolute Gasteiger partial charge is 0.419 e. The lowest BCUT2D eigenvalue weighted by Gasteiger charge is -2.14. The van der Waals surface area contributed by atoms with Crippen LogP contribution < -0.4 is 5.56 Å². The fraction of sp³-hybridized carbons (Fsp3) is 0.208. The number of hydrogen-bond acceptors (Lipinski definition) is 8. The molecular formula is C24H21N5O2S2. The number of thiophene rings is 1. The molecule has 0 saturated carbocycles. The molecule has 7 nitrogen and oxygen atoms in total. The first-order valence-electron chi connectivity index (χ1n) is 10.5. The predicted octanol–water partition coefficient (Wildman–Crippen LogP) is 5.42. The Bertz CT molecular complexity index is 1480. The molecule has 0 N–H and O–H groups in total. The molecule has 0 fully saturated rings. The fourth-order valence-corrected chi connectivity index (χ4v) is 5.51. The third-order valence-electron chi connectivity index (χ3n) is 5.39. The number of aromatic nitrogens is 5. The first kappa shape index (κ1) is 21.5. The average Bonchev–Trinajstić information content (AvgIpc) is 3.43. The van der Waals surface area contributed by atoms with Crippen molar-refractivity contribution < 1.29 is 4.42 Å². The monoisotopic (exact) mass is 475 g/mol. The Hall–Kier alpha value is -3.30. The summed E-state index contributed by atoms with van der Waals surface area (Å²) in [7, 11) is 0. The van der Waals surface area contributed by atoms with Gasteiger partial charge in [0.05, 0.1) is 22.9 Å². The van der Waals surface area contributed by atoms with Crippen molar-refractivity contribution in [2.45, 2.75) is 37.7 Å². The third kappa shape index (κ3) is 4.21. The van der Waals surface area contributed by atoms with E-state index in [2.05, 4.69) is 15.2 Å². The Labute approximate surface area is 198 Å². The van der Waals surface area contributed by atoms with Crippen LogP contribution in [0.4, 0.5) is 0 Å². The number of aryl methyl sites for hydroxylation is 2. The minimum Gasteiger partial charge on any atom is -0.419 e. The van der Waals surface area contributed by atoms with Crippen LogP contribution in [0, 0.1) is 13.8 Å². The molecule has 33 heavy (non-hydrogen) atoms. The van der Waals surface area contributed by atoms with E-state index in [1.807, 2.05) is 69.3 Å². The van der Waals surface area contributed by atoms with Gasteiger partial charge in [-0.25, -0.2) is 4.98 Å². The highest BCUT2D eigenvalue weighted by Gasteiger charge is 2.22. The van der Waals surface area contributed by atoms with Crippen LogP contribution >= 0.6 is 23.1 Å². The minimum atomic E-state index is -0.198. The van der Waals surface area contributed by atoms with Gasteiger partial charge in [0.1, 0.15) is 4.83 Å². The molecule has 1 atom stereocenters. The zero-order chi connectivity index (χ0) is 22.9. The molecular weight excluding hydrogens is 454 g/mol. The van der Waals surface area contributed by atoms with Gasteiger partial charge < -0.3 is 4.42 Å². The number of hydrogen-bond donors (Lipinski definition) is 0. The Morgan fingerprint density at radius 3 is 2.64 bits per heavy atom. The number of thioether (sulfide) groups is 1. The topological polar surface area (TPSA) is 86.7 Å². The number of fused-ring (bicyclic) bond motifs is 1. The van der Waals surface area contributed by atoms with Gasteiger partial charge in [-0.2, -0.15) is 0 Å². The molecule has 0 aliphatic carbocycles. The summed E-state index contributed by atoms with van der Waals surface area (Å²) in [6, 6.07) is 15.3. The second kappa shape index (κ2) is 8.92. The van der Waals surface area contributed by atoms with Crippen molar-refractivity contribution in [2.75, 3.05) is 0 Å². The average molecular weight is 476 g/mol. The van der Waals surface area contributed by atoms with Crippen LogP contribution in [0.2, 0.25) is 0 Å². The highest BCUT2D eigenvalue weighted by Crippen LogP contribution is 2.36. The molecule has 5 aromatic rings. The lowest BCUT2D eigenvalue weighted by Crippen LogP contribution is -2.24. The van der Waals surface area contributed by atoms with E-state index in [0.29, 0.717) is 28.9 Å². The Balaban J connectivity index is 1.53. The summed E-state index contributed by atoms with van der Waals surface area (Å²) >= 11 is 2.97. The van der Waals surface area contributed by atoms with Crippen molar-refractivity contribution in [3.05, 3.63) is 87.1 Å². The lowest BCUT2D eigenvalue weighted by molar-refractivity contribution is 0.508. The molecule has 0 spiro atoms. The summed E-state index contributed by atoms with van der Waals surface area (Å²) in [6.07, 6.45) is 1.73. The van der Waals surface area contributed by atoms with Gasteiger partial charge in [0, 0.05) is 16.6 Å². The van der Waals surface area contributed by atoms with E-state index < -0.39 is 0 Å². The second-order valence-electron chi connectivity index (χ2n) is 7.64. The molecule has 0 aliphatic heterocycles. The maximum atomic E-state index is 13.5. The van der Waals surface area contributed by atoms with Crippen molar-refractivity contribution in [2.24, 2.45) is 0 Å². The smallest absolute Gasteiger partial charge is 0.263 e. The SMILES string of the molecule is Cc1sc2nc(SC(C)c3nnc(-c4ccccc4)o3)n(Cc3ccccn3)c(=O)c2c1C. The van der Waals surface area contributed by atoms with Gasteiger partial charge in [0.25, 0.3) is 5.56 Å².